The third-order valence-electron chi connectivity index (χ3n) is 2.86. The number of methoxy groups -OCH3 is 1. The summed E-state index contributed by atoms with van der Waals surface area (Å²) in [4.78, 5) is 4.41. The average molecular weight is 261 g/mol. The van der Waals surface area contributed by atoms with Crippen LogP contribution in [0.4, 0.5) is 0 Å². The lowest BCUT2D eigenvalue weighted by Gasteiger charge is -2.06. The highest BCUT2D eigenvalue weighted by Gasteiger charge is 2.14. The zero-order valence-electron chi connectivity index (χ0n) is 11.5. The van der Waals surface area contributed by atoms with Crippen LogP contribution in [0.2, 0.25) is 0 Å². The smallest absolute Gasteiger partial charge is 0.243 e. The van der Waals surface area contributed by atoms with Gasteiger partial charge in [-0.15, -0.1) is 0 Å². The molecule has 2 aromatic rings. The number of hydrogen-bond acceptors (Lipinski definition) is 5. The molecule has 0 aliphatic rings. The molecule has 102 valence electrons. The number of aromatic nitrogens is 2. The third-order valence-corrected chi connectivity index (χ3v) is 2.86. The summed E-state index contributed by atoms with van der Waals surface area (Å²) in [6, 6.07) is 7.66. The Labute approximate surface area is 113 Å². The summed E-state index contributed by atoms with van der Waals surface area (Å²) in [5.41, 5.74) is 0.915. The highest BCUT2D eigenvalue weighted by atomic mass is 16.5. The van der Waals surface area contributed by atoms with E-state index in [0.29, 0.717) is 11.7 Å². The van der Waals surface area contributed by atoms with Gasteiger partial charge < -0.3 is 14.6 Å². The molecule has 0 saturated heterocycles. The molecule has 0 aliphatic carbocycles. The number of nitrogens with zero attached hydrogens (tertiary/aromatic N) is 2. The predicted molar refractivity (Wildman–Crippen MR) is 73.0 cm³/mol. The maximum atomic E-state index is 5.28. The van der Waals surface area contributed by atoms with E-state index in [1.807, 2.05) is 31.2 Å². The fourth-order valence-electron chi connectivity index (χ4n) is 1.72. The summed E-state index contributed by atoms with van der Waals surface area (Å²) in [5, 5.41) is 7.32. The molecule has 5 heteroatoms. The normalized spacial score (nSPS) is 12.4. The first kappa shape index (κ1) is 13.5. The summed E-state index contributed by atoms with van der Waals surface area (Å²) < 4.78 is 10.4. The second kappa shape index (κ2) is 6.33. The SMILES string of the molecule is CCCNC(C)c1nc(-c2ccc(OC)cc2)no1. The van der Waals surface area contributed by atoms with Crippen molar-refractivity contribution in [3.05, 3.63) is 30.2 Å². The van der Waals surface area contributed by atoms with Gasteiger partial charge in [0.25, 0.3) is 0 Å². The average Bonchev–Trinajstić information content (AvgIpc) is 2.94. The lowest BCUT2D eigenvalue weighted by molar-refractivity contribution is 0.340. The minimum atomic E-state index is 0.0689. The first-order chi connectivity index (χ1) is 9.24. The highest BCUT2D eigenvalue weighted by Crippen LogP contribution is 2.21. The quantitative estimate of drug-likeness (QED) is 0.866. The molecule has 0 saturated carbocycles. The zero-order valence-corrected chi connectivity index (χ0v) is 11.5. The molecule has 5 nitrogen and oxygen atoms in total. The molecular weight excluding hydrogens is 242 g/mol. The Balaban J connectivity index is 2.11. The Morgan fingerprint density at radius 1 is 1.32 bits per heavy atom. The van der Waals surface area contributed by atoms with E-state index in [1.54, 1.807) is 7.11 Å². The molecule has 0 bridgehead atoms. The summed E-state index contributed by atoms with van der Waals surface area (Å²) in [7, 11) is 1.64. The van der Waals surface area contributed by atoms with Crippen LogP contribution in [0.5, 0.6) is 5.75 Å². The molecule has 19 heavy (non-hydrogen) atoms. The minimum absolute atomic E-state index is 0.0689. The van der Waals surface area contributed by atoms with Crippen LogP contribution >= 0.6 is 0 Å². The summed E-state index contributed by atoms with van der Waals surface area (Å²) in [6.45, 7) is 5.07. The monoisotopic (exact) mass is 261 g/mol. The molecular formula is C14H19N3O2. The topological polar surface area (TPSA) is 60.2 Å². The van der Waals surface area contributed by atoms with Gasteiger partial charge in [0.1, 0.15) is 5.75 Å². The Morgan fingerprint density at radius 2 is 2.05 bits per heavy atom. The van der Waals surface area contributed by atoms with Gasteiger partial charge in [0.2, 0.25) is 11.7 Å². The van der Waals surface area contributed by atoms with Gasteiger partial charge in [0.15, 0.2) is 0 Å². The van der Waals surface area contributed by atoms with Crippen molar-refractivity contribution in [2.45, 2.75) is 26.3 Å². The molecule has 0 spiro atoms. The van der Waals surface area contributed by atoms with E-state index in [-0.39, 0.29) is 6.04 Å². The fraction of sp³-hybridized carbons (Fsp3) is 0.429. The van der Waals surface area contributed by atoms with E-state index in [0.717, 1.165) is 24.3 Å². The minimum Gasteiger partial charge on any atom is -0.497 e. The summed E-state index contributed by atoms with van der Waals surface area (Å²) in [5.74, 6) is 2.02. The summed E-state index contributed by atoms with van der Waals surface area (Å²) >= 11 is 0. The van der Waals surface area contributed by atoms with Gasteiger partial charge in [-0.3, -0.25) is 0 Å². The van der Waals surface area contributed by atoms with E-state index in [2.05, 4.69) is 22.4 Å². The van der Waals surface area contributed by atoms with E-state index in [4.69, 9.17) is 9.26 Å². The summed E-state index contributed by atoms with van der Waals surface area (Å²) in [6.07, 6.45) is 1.07. The van der Waals surface area contributed by atoms with Crippen LogP contribution < -0.4 is 10.1 Å². The van der Waals surface area contributed by atoms with Gasteiger partial charge in [0, 0.05) is 5.56 Å². The van der Waals surface area contributed by atoms with Crippen molar-refractivity contribution in [1.29, 1.82) is 0 Å². The zero-order chi connectivity index (χ0) is 13.7. The van der Waals surface area contributed by atoms with Gasteiger partial charge >= 0.3 is 0 Å². The maximum Gasteiger partial charge on any atom is 0.243 e. The van der Waals surface area contributed by atoms with Gasteiger partial charge in [-0.2, -0.15) is 4.98 Å². The molecule has 2 rings (SSSR count). The Morgan fingerprint density at radius 3 is 2.68 bits per heavy atom. The van der Waals surface area contributed by atoms with Crippen molar-refractivity contribution in [3.8, 4) is 17.1 Å². The molecule has 0 radical (unpaired) electrons. The lowest BCUT2D eigenvalue weighted by atomic mass is 10.2. The van der Waals surface area contributed by atoms with Gasteiger partial charge in [-0.1, -0.05) is 12.1 Å². The van der Waals surface area contributed by atoms with Crippen LogP contribution in [0, 0.1) is 0 Å². The standard InChI is InChI=1S/C14H19N3O2/c1-4-9-15-10(2)14-16-13(17-19-14)11-5-7-12(18-3)8-6-11/h5-8,10,15H,4,9H2,1-3H3. The molecule has 0 amide bonds. The molecule has 1 atom stereocenters. The Kier molecular flexibility index (Phi) is 4.52. The first-order valence-electron chi connectivity index (χ1n) is 6.46. The van der Waals surface area contributed by atoms with Crippen molar-refractivity contribution in [1.82, 2.24) is 15.5 Å². The van der Waals surface area contributed by atoms with Crippen LogP contribution in [0.25, 0.3) is 11.4 Å². The highest BCUT2D eigenvalue weighted by molar-refractivity contribution is 5.55. The third kappa shape index (κ3) is 3.32. The number of ether oxygens (including phenoxy) is 1. The second-order valence-corrected chi connectivity index (χ2v) is 4.36. The maximum absolute atomic E-state index is 5.28. The van der Waals surface area contributed by atoms with E-state index >= 15 is 0 Å². The molecule has 1 aromatic carbocycles. The Hall–Kier alpha value is -1.88. The van der Waals surface area contributed by atoms with Gasteiger partial charge in [0.05, 0.1) is 13.2 Å². The van der Waals surface area contributed by atoms with Crippen LogP contribution in [0.3, 0.4) is 0 Å². The lowest BCUT2D eigenvalue weighted by Crippen LogP contribution is -2.19. The van der Waals surface area contributed by atoms with E-state index < -0.39 is 0 Å². The van der Waals surface area contributed by atoms with Crippen molar-refractivity contribution in [2.24, 2.45) is 0 Å². The molecule has 1 N–H and O–H groups in total. The molecule has 1 aromatic heterocycles. The van der Waals surface area contributed by atoms with Crippen molar-refractivity contribution < 1.29 is 9.26 Å². The Bertz CT molecular complexity index is 508. The van der Waals surface area contributed by atoms with Crippen LogP contribution in [-0.2, 0) is 0 Å². The first-order valence-corrected chi connectivity index (χ1v) is 6.46. The van der Waals surface area contributed by atoms with E-state index in [1.165, 1.54) is 0 Å². The van der Waals surface area contributed by atoms with Crippen LogP contribution in [0.15, 0.2) is 28.8 Å². The largest absolute Gasteiger partial charge is 0.497 e. The number of nitrogens with one attached hydrogen (secondary N) is 1. The van der Waals surface area contributed by atoms with Gasteiger partial charge in [-0.25, -0.2) is 0 Å². The number of benzene rings is 1. The van der Waals surface area contributed by atoms with Crippen molar-refractivity contribution in [2.75, 3.05) is 13.7 Å². The molecule has 1 unspecified atom stereocenters. The molecule has 0 fully saturated rings. The molecule has 0 aliphatic heterocycles. The second-order valence-electron chi connectivity index (χ2n) is 4.36. The van der Waals surface area contributed by atoms with Crippen LogP contribution in [-0.4, -0.2) is 23.8 Å². The predicted octanol–water partition coefficient (Wildman–Crippen LogP) is 2.81. The van der Waals surface area contributed by atoms with Crippen molar-refractivity contribution in [3.63, 3.8) is 0 Å². The fourth-order valence-corrected chi connectivity index (χ4v) is 1.72. The van der Waals surface area contributed by atoms with E-state index in [9.17, 15) is 0 Å². The molecule has 1 heterocycles. The number of hydrogen-bond donors (Lipinski definition) is 1. The van der Waals surface area contributed by atoms with Crippen LogP contribution in [0.1, 0.15) is 32.2 Å². The number of rotatable bonds is 6. The van der Waals surface area contributed by atoms with Gasteiger partial charge in [-0.05, 0) is 44.2 Å². The van der Waals surface area contributed by atoms with Crippen molar-refractivity contribution >= 4 is 0 Å².